The summed E-state index contributed by atoms with van der Waals surface area (Å²) in [6.07, 6.45) is 3.50. The second kappa shape index (κ2) is 4.95. The molecule has 2 heterocycles. The summed E-state index contributed by atoms with van der Waals surface area (Å²) in [6, 6.07) is 0.427. The van der Waals surface area contributed by atoms with E-state index in [4.69, 9.17) is 4.74 Å². The number of ether oxygens (including phenoxy) is 1. The molecular formula is C11H19N3O2. The molecule has 0 saturated carbocycles. The minimum atomic E-state index is -0.389. The van der Waals surface area contributed by atoms with Crippen LogP contribution < -0.4 is 5.32 Å². The van der Waals surface area contributed by atoms with E-state index in [0.29, 0.717) is 19.3 Å². The van der Waals surface area contributed by atoms with E-state index in [1.54, 1.807) is 0 Å². The van der Waals surface area contributed by atoms with E-state index >= 15 is 0 Å². The van der Waals surface area contributed by atoms with Gasteiger partial charge < -0.3 is 15.2 Å². The maximum absolute atomic E-state index is 9.55. The Morgan fingerprint density at radius 2 is 2.44 bits per heavy atom. The van der Waals surface area contributed by atoms with Gasteiger partial charge in [0.15, 0.2) is 0 Å². The van der Waals surface area contributed by atoms with Gasteiger partial charge in [0.2, 0.25) is 0 Å². The number of aromatic nitrogens is 2. The molecule has 0 aliphatic carbocycles. The zero-order chi connectivity index (χ0) is 11.5. The van der Waals surface area contributed by atoms with Crippen molar-refractivity contribution in [1.29, 1.82) is 0 Å². The average Bonchev–Trinajstić information content (AvgIpc) is 2.83. The van der Waals surface area contributed by atoms with E-state index in [9.17, 15) is 5.11 Å². The molecule has 1 aliphatic heterocycles. The molecule has 2 rings (SSSR count). The second-order valence-corrected chi connectivity index (χ2v) is 4.51. The number of aliphatic hydroxyl groups is 1. The quantitative estimate of drug-likeness (QED) is 0.774. The largest absolute Gasteiger partial charge is 0.389 e. The summed E-state index contributed by atoms with van der Waals surface area (Å²) in [4.78, 5) is 0. The molecule has 0 bridgehead atoms. The normalized spacial score (nSPS) is 25.5. The maximum Gasteiger partial charge on any atom is 0.0948 e. The Morgan fingerprint density at radius 3 is 3.00 bits per heavy atom. The molecule has 0 radical (unpaired) electrons. The molecule has 2 N–H and O–H groups in total. The van der Waals surface area contributed by atoms with Gasteiger partial charge in [-0.15, -0.1) is 0 Å². The number of rotatable bonds is 4. The zero-order valence-corrected chi connectivity index (χ0v) is 9.76. The van der Waals surface area contributed by atoms with Gasteiger partial charge in [0.1, 0.15) is 0 Å². The van der Waals surface area contributed by atoms with Crippen LogP contribution in [0.1, 0.15) is 25.5 Å². The molecule has 2 unspecified atom stereocenters. The van der Waals surface area contributed by atoms with Crippen LogP contribution >= 0.6 is 0 Å². The maximum atomic E-state index is 9.55. The minimum Gasteiger partial charge on any atom is -0.389 e. The lowest BCUT2D eigenvalue weighted by Gasteiger charge is -2.13. The Morgan fingerprint density at radius 1 is 1.62 bits per heavy atom. The molecule has 5 nitrogen and oxygen atoms in total. The van der Waals surface area contributed by atoms with Crippen molar-refractivity contribution in [3.8, 4) is 0 Å². The predicted molar refractivity (Wildman–Crippen MR) is 60.1 cm³/mol. The zero-order valence-electron chi connectivity index (χ0n) is 9.76. The Kier molecular flexibility index (Phi) is 3.58. The average molecular weight is 225 g/mol. The fourth-order valence-electron chi connectivity index (χ4n) is 1.74. The minimum absolute atomic E-state index is 0.0439. The molecule has 2 atom stereocenters. The Bertz CT molecular complexity index is 338. The number of hydrogen-bond donors (Lipinski definition) is 2. The monoisotopic (exact) mass is 225 g/mol. The van der Waals surface area contributed by atoms with Crippen LogP contribution in [0.15, 0.2) is 12.4 Å². The van der Waals surface area contributed by atoms with E-state index in [1.807, 2.05) is 17.1 Å². The first kappa shape index (κ1) is 11.6. The van der Waals surface area contributed by atoms with Gasteiger partial charge in [-0.1, -0.05) is 0 Å². The molecule has 90 valence electrons. The summed E-state index contributed by atoms with van der Waals surface area (Å²) in [5.41, 5.74) is 1.13. The van der Waals surface area contributed by atoms with Crippen LogP contribution in [-0.4, -0.2) is 40.2 Å². The van der Waals surface area contributed by atoms with Crippen LogP contribution in [0.2, 0.25) is 0 Å². The molecule has 1 aromatic rings. The van der Waals surface area contributed by atoms with E-state index in [-0.39, 0.29) is 12.1 Å². The van der Waals surface area contributed by atoms with Crippen molar-refractivity contribution in [2.45, 2.75) is 38.6 Å². The van der Waals surface area contributed by atoms with Crippen molar-refractivity contribution in [1.82, 2.24) is 15.1 Å². The molecule has 1 fully saturated rings. The van der Waals surface area contributed by atoms with Crippen LogP contribution in [0.5, 0.6) is 0 Å². The first-order valence-corrected chi connectivity index (χ1v) is 5.69. The van der Waals surface area contributed by atoms with E-state index in [2.05, 4.69) is 24.3 Å². The summed E-state index contributed by atoms with van der Waals surface area (Å²) in [5.74, 6) is 0. The second-order valence-electron chi connectivity index (χ2n) is 4.51. The predicted octanol–water partition coefficient (Wildman–Crippen LogP) is 0.313. The van der Waals surface area contributed by atoms with Crippen LogP contribution in [0.3, 0.4) is 0 Å². The lowest BCUT2D eigenvalue weighted by atomic mass is 10.2. The van der Waals surface area contributed by atoms with Crippen molar-refractivity contribution in [2.24, 2.45) is 0 Å². The molecular weight excluding hydrogens is 206 g/mol. The molecule has 5 heteroatoms. The third kappa shape index (κ3) is 2.61. The number of nitrogens with one attached hydrogen (secondary N) is 1. The molecule has 16 heavy (non-hydrogen) atoms. The van der Waals surface area contributed by atoms with Gasteiger partial charge in [-0.05, 0) is 13.8 Å². The third-order valence-electron chi connectivity index (χ3n) is 2.80. The molecule has 0 amide bonds. The standard InChI is InChI=1S/C11H19N3O2/c1-8(2)14-5-9(4-13-14)3-12-10-6-16-7-11(10)15/h4-5,8,10-12,15H,3,6-7H2,1-2H3. The van der Waals surface area contributed by atoms with Crippen LogP contribution in [0, 0.1) is 0 Å². The highest BCUT2D eigenvalue weighted by molar-refractivity contribution is 5.04. The first-order valence-electron chi connectivity index (χ1n) is 5.69. The van der Waals surface area contributed by atoms with Crippen molar-refractivity contribution >= 4 is 0 Å². The number of hydrogen-bond acceptors (Lipinski definition) is 4. The highest BCUT2D eigenvalue weighted by Gasteiger charge is 2.25. The first-order chi connectivity index (χ1) is 7.66. The van der Waals surface area contributed by atoms with Crippen molar-refractivity contribution in [3.63, 3.8) is 0 Å². The van der Waals surface area contributed by atoms with Gasteiger partial charge in [-0.25, -0.2) is 0 Å². The smallest absolute Gasteiger partial charge is 0.0948 e. The Balaban J connectivity index is 1.84. The summed E-state index contributed by atoms with van der Waals surface area (Å²) < 4.78 is 7.10. The van der Waals surface area contributed by atoms with E-state index in [1.165, 1.54) is 0 Å². The fourth-order valence-corrected chi connectivity index (χ4v) is 1.74. The molecule has 0 aromatic carbocycles. The number of aliphatic hydroxyl groups excluding tert-OH is 1. The summed E-state index contributed by atoms with van der Waals surface area (Å²) >= 11 is 0. The fraction of sp³-hybridized carbons (Fsp3) is 0.727. The van der Waals surface area contributed by atoms with Gasteiger partial charge in [-0.3, -0.25) is 4.68 Å². The number of nitrogens with zero attached hydrogens (tertiary/aromatic N) is 2. The highest BCUT2D eigenvalue weighted by Crippen LogP contribution is 2.08. The Hall–Kier alpha value is -0.910. The summed E-state index contributed by atoms with van der Waals surface area (Å²) in [5, 5.41) is 17.1. The van der Waals surface area contributed by atoms with Crippen molar-refractivity contribution < 1.29 is 9.84 Å². The van der Waals surface area contributed by atoms with Gasteiger partial charge >= 0.3 is 0 Å². The Labute approximate surface area is 95.4 Å². The van der Waals surface area contributed by atoms with Crippen LogP contribution in [-0.2, 0) is 11.3 Å². The third-order valence-corrected chi connectivity index (χ3v) is 2.80. The van der Waals surface area contributed by atoms with Gasteiger partial charge in [0.25, 0.3) is 0 Å². The van der Waals surface area contributed by atoms with E-state index < -0.39 is 0 Å². The lowest BCUT2D eigenvalue weighted by molar-refractivity contribution is 0.122. The van der Waals surface area contributed by atoms with Gasteiger partial charge in [0.05, 0.1) is 31.6 Å². The van der Waals surface area contributed by atoms with Crippen LogP contribution in [0.4, 0.5) is 0 Å². The van der Waals surface area contributed by atoms with E-state index in [0.717, 1.165) is 12.1 Å². The summed E-state index contributed by atoms with van der Waals surface area (Å²) in [7, 11) is 0. The van der Waals surface area contributed by atoms with Crippen molar-refractivity contribution in [2.75, 3.05) is 13.2 Å². The van der Waals surface area contributed by atoms with Gasteiger partial charge in [-0.2, -0.15) is 5.10 Å². The molecule has 1 aliphatic rings. The SMILES string of the molecule is CC(C)n1cc(CNC2COCC2O)cn1. The summed E-state index contributed by atoms with van der Waals surface area (Å²) in [6.45, 7) is 5.93. The van der Waals surface area contributed by atoms with Gasteiger partial charge in [0, 0.05) is 24.3 Å². The van der Waals surface area contributed by atoms with Crippen LogP contribution in [0.25, 0.3) is 0 Å². The lowest BCUT2D eigenvalue weighted by Crippen LogP contribution is -2.38. The molecule has 1 saturated heterocycles. The molecule has 0 spiro atoms. The highest BCUT2D eigenvalue weighted by atomic mass is 16.5. The molecule has 1 aromatic heterocycles. The topological polar surface area (TPSA) is 59.3 Å². The van der Waals surface area contributed by atoms with Crippen molar-refractivity contribution in [3.05, 3.63) is 18.0 Å².